The molecule has 0 aromatic heterocycles. The quantitative estimate of drug-likeness (QED) is 0.476. The third-order valence-corrected chi connectivity index (χ3v) is 5.90. The zero-order valence-corrected chi connectivity index (χ0v) is 18.7. The van der Waals surface area contributed by atoms with Crippen molar-refractivity contribution in [2.24, 2.45) is 0 Å². The number of rotatable bonds is 9. The van der Waals surface area contributed by atoms with E-state index in [0.29, 0.717) is 0 Å². The van der Waals surface area contributed by atoms with E-state index in [2.05, 4.69) is 21.9 Å². The maximum absolute atomic E-state index is 11.0. The summed E-state index contributed by atoms with van der Waals surface area (Å²) < 4.78 is 5.70. The van der Waals surface area contributed by atoms with Gasteiger partial charge < -0.3 is 14.7 Å². The molecule has 168 valence electrons. The van der Waals surface area contributed by atoms with Gasteiger partial charge in [-0.15, -0.1) is 0 Å². The van der Waals surface area contributed by atoms with Gasteiger partial charge in [0, 0.05) is 51.0 Å². The monoisotopic (exact) mass is 427 g/mol. The number of aliphatic hydroxyl groups is 1. The van der Waals surface area contributed by atoms with E-state index < -0.39 is 5.60 Å². The van der Waals surface area contributed by atoms with Crippen LogP contribution in [0, 0.1) is 10.1 Å². The van der Waals surface area contributed by atoms with Crippen LogP contribution in [0.25, 0.3) is 0 Å². The molecule has 0 unspecified atom stereocenters. The molecule has 7 heteroatoms. The van der Waals surface area contributed by atoms with Crippen LogP contribution >= 0.6 is 0 Å². The van der Waals surface area contributed by atoms with Gasteiger partial charge in [0.2, 0.25) is 0 Å². The number of nitrogens with zero attached hydrogens (tertiary/aromatic N) is 3. The maximum atomic E-state index is 11.0. The van der Waals surface area contributed by atoms with Gasteiger partial charge in [-0.2, -0.15) is 0 Å². The van der Waals surface area contributed by atoms with Crippen molar-refractivity contribution >= 4 is 11.4 Å². The molecule has 1 aliphatic rings. The van der Waals surface area contributed by atoms with Gasteiger partial charge in [-0.1, -0.05) is 12.1 Å². The average Bonchev–Trinajstić information content (AvgIpc) is 2.74. The molecule has 31 heavy (non-hydrogen) atoms. The zero-order chi connectivity index (χ0) is 22.4. The van der Waals surface area contributed by atoms with Crippen molar-refractivity contribution in [2.75, 3.05) is 31.6 Å². The largest absolute Gasteiger partial charge is 0.491 e. The first kappa shape index (κ1) is 23.0. The molecule has 0 saturated carbocycles. The molecular weight excluding hydrogens is 394 g/mol. The van der Waals surface area contributed by atoms with Crippen LogP contribution in [0.15, 0.2) is 48.5 Å². The number of hydrogen-bond acceptors (Lipinski definition) is 6. The number of likely N-dealkylation sites (tertiary alicyclic amines) is 1. The Labute approximate surface area is 184 Å². The molecule has 0 radical (unpaired) electrons. The molecule has 2 aromatic rings. The first-order chi connectivity index (χ1) is 14.7. The highest BCUT2D eigenvalue weighted by Crippen LogP contribution is 2.28. The highest BCUT2D eigenvalue weighted by molar-refractivity contribution is 5.48. The maximum Gasteiger partial charge on any atom is 0.269 e. The number of ether oxygens (including phenoxy) is 1. The zero-order valence-electron chi connectivity index (χ0n) is 18.7. The van der Waals surface area contributed by atoms with Gasteiger partial charge in [-0.3, -0.25) is 15.0 Å². The molecule has 0 atom stereocenters. The lowest BCUT2D eigenvalue weighted by atomic mass is 9.88. The van der Waals surface area contributed by atoms with Crippen LogP contribution in [0.5, 0.6) is 5.75 Å². The third-order valence-electron chi connectivity index (χ3n) is 5.90. The summed E-state index contributed by atoms with van der Waals surface area (Å²) in [5.74, 6) is 0.867. The van der Waals surface area contributed by atoms with Crippen molar-refractivity contribution in [3.8, 4) is 5.75 Å². The Kier molecular flexibility index (Phi) is 7.51. The van der Waals surface area contributed by atoms with Crippen molar-refractivity contribution in [1.82, 2.24) is 4.90 Å². The first-order valence-electron chi connectivity index (χ1n) is 10.9. The number of nitro groups is 1. The minimum atomic E-state index is -0.652. The standard InChI is InChI=1S/C24H33N3O4/c1-19(2)31-23-10-8-21(9-11-23)25(3)15-12-24(28)13-16-26(17-14-24)18-20-4-6-22(7-5-20)27(29)30/h4-11,19,28H,12-18H2,1-3H3. The second kappa shape index (κ2) is 10.1. The second-order valence-corrected chi connectivity index (χ2v) is 8.76. The summed E-state index contributed by atoms with van der Waals surface area (Å²) in [4.78, 5) is 14.9. The number of benzene rings is 2. The van der Waals surface area contributed by atoms with Gasteiger partial charge in [0.05, 0.1) is 16.6 Å². The SMILES string of the molecule is CC(C)Oc1ccc(N(C)CCC2(O)CCN(Cc3ccc([N+](=O)[O-])cc3)CC2)cc1. The van der Waals surface area contributed by atoms with Gasteiger partial charge in [0.1, 0.15) is 5.75 Å². The van der Waals surface area contributed by atoms with Gasteiger partial charge in [0.25, 0.3) is 5.69 Å². The number of anilines is 1. The van der Waals surface area contributed by atoms with Gasteiger partial charge in [-0.05, 0) is 62.9 Å². The van der Waals surface area contributed by atoms with Crippen molar-refractivity contribution < 1.29 is 14.8 Å². The van der Waals surface area contributed by atoms with Crippen LogP contribution in [-0.2, 0) is 6.54 Å². The second-order valence-electron chi connectivity index (χ2n) is 8.76. The molecule has 1 N–H and O–H groups in total. The van der Waals surface area contributed by atoms with E-state index >= 15 is 0 Å². The summed E-state index contributed by atoms with van der Waals surface area (Å²) >= 11 is 0. The highest BCUT2D eigenvalue weighted by atomic mass is 16.6. The summed E-state index contributed by atoms with van der Waals surface area (Å²) in [6.07, 6.45) is 2.34. The first-order valence-corrected chi connectivity index (χ1v) is 10.9. The number of hydrogen-bond donors (Lipinski definition) is 1. The molecular formula is C24H33N3O4. The Morgan fingerprint density at radius 1 is 1.13 bits per heavy atom. The lowest BCUT2D eigenvalue weighted by molar-refractivity contribution is -0.384. The minimum absolute atomic E-state index is 0.114. The fraction of sp³-hybridized carbons (Fsp3) is 0.500. The molecule has 0 aliphatic carbocycles. The molecule has 2 aromatic carbocycles. The van der Waals surface area contributed by atoms with E-state index in [1.54, 1.807) is 12.1 Å². The van der Waals surface area contributed by atoms with E-state index in [-0.39, 0.29) is 16.7 Å². The van der Waals surface area contributed by atoms with E-state index in [1.165, 1.54) is 0 Å². The van der Waals surface area contributed by atoms with E-state index in [0.717, 1.165) is 62.4 Å². The van der Waals surface area contributed by atoms with Crippen molar-refractivity contribution in [3.05, 3.63) is 64.2 Å². The van der Waals surface area contributed by atoms with Crippen molar-refractivity contribution in [2.45, 2.75) is 51.4 Å². The molecule has 7 nitrogen and oxygen atoms in total. The predicted octanol–water partition coefficient (Wildman–Crippen LogP) is 4.24. The Bertz CT molecular complexity index is 844. The molecule has 1 fully saturated rings. The minimum Gasteiger partial charge on any atom is -0.491 e. The molecule has 3 rings (SSSR count). The average molecular weight is 428 g/mol. The van der Waals surface area contributed by atoms with E-state index in [1.807, 2.05) is 45.2 Å². The van der Waals surface area contributed by atoms with Crippen LogP contribution in [-0.4, -0.2) is 53.3 Å². The van der Waals surface area contributed by atoms with Crippen LogP contribution in [0.1, 0.15) is 38.7 Å². The van der Waals surface area contributed by atoms with Crippen LogP contribution in [0.2, 0.25) is 0 Å². The highest BCUT2D eigenvalue weighted by Gasteiger charge is 2.32. The van der Waals surface area contributed by atoms with Crippen LogP contribution in [0.3, 0.4) is 0 Å². The lowest BCUT2D eigenvalue weighted by Gasteiger charge is -2.39. The summed E-state index contributed by atoms with van der Waals surface area (Å²) in [7, 11) is 2.05. The molecule has 1 aliphatic heterocycles. The Morgan fingerprint density at radius 3 is 2.29 bits per heavy atom. The lowest BCUT2D eigenvalue weighted by Crippen LogP contribution is -2.45. The van der Waals surface area contributed by atoms with Crippen molar-refractivity contribution in [3.63, 3.8) is 0 Å². The number of non-ortho nitro benzene ring substituents is 1. The molecule has 1 heterocycles. The van der Waals surface area contributed by atoms with E-state index in [9.17, 15) is 15.2 Å². The third kappa shape index (κ3) is 6.67. The number of nitro benzene ring substituents is 1. The van der Waals surface area contributed by atoms with E-state index in [4.69, 9.17) is 4.74 Å². The van der Waals surface area contributed by atoms with Gasteiger partial charge in [0.15, 0.2) is 0 Å². The summed E-state index contributed by atoms with van der Waals surface area (Å²) in [5, 5.41) is 21.8. The normalized spacial score (nSPS) is 16.3. The predicted molar refractivity (Wildman–Crippen MR) is 123 cm³/mol. The fourth-order valence-electron chi connectivity index (χ4n) is 3.91. The molecule has 0 bridgehead atoms. The topological polar surface area (TPSA) is 79.1 Å². The molecule has 0 amide bonds. The fourth-order valence-corrected chi connectivity index (χ4v) is 3.91. The van der Waals surface area contributed by atoms with Crippen molar-refractivity contribution in [1.29, 1.82) is 0 Å². The Balaban J connectivity index is 1.45. The summed E-state index contributed by atoms with van der Waals surface area (Å²) in [5.41, 5.74) is 1.62. The van der Waals surface area contributed by atoms with Gasteiger partial charge in [-0.25, -0.2) is 0 Å². The Hall–Kier alpha value is -2.64. The summed E-state index contributed by atoms with van der Waals surface area (Å²) in [6.45, 7) is 7.19. The summed E-state index contributed by atoms with van der Waals surface area (Å²) in [6, 6.07) is 14.8. The van der Waals surface area contributed by atoms with Crippen LogP contribution in [0.4, 0.5) is 11.4 Å². The Morgan fingerprint density at radius 2 is 1.74 bits per heavy atom. The van der Waals surface area contributed by atoms with Crippen LogP contribution < -0.4 is 9.64 Å². The number of piperidine rings is 1. The molecule has 1 saturated heterocycles. The van der Waals surface area contributed by atoms with Gasteiger partial charge >= 0.3 is 0 Å². The molecule has 0 spiro atoms. The smallest absolute Gasteiger partial charge is 0.269 e.